The average molecular weight is 530 g/mol. The zero-order valence-electron chi connectivity index (χ0n) is 17.1. The molecule has 0 saturated heterocycles. The van der Waals surface area contributed by atoms with Crippen molar-refractivity contribution in [2.45, 2.75) is 0 Å². The molecule has 31 heavy (non-hydrogen) atoms. The Morgan fingerprint density at radius 1 is 0.419 bits per heavy atom. The number of hydrogen-bond donors (Lipinski definition) is 0. The maximum Gasteiger partial charge on any atom is 0.101 e. The molecular weight excluding hydrogens is 504 g/mol. The normalized spacial score (nSPS) is 10.7. The molecule has 161 valence electrons. The Hall–Kier alpha value is -1.17. The van der Waals surface area contributed by atoms with Crippen molar-refractivity contribution in [2.75, 3.05) is 12.3 Å². The fourth-order valence-corrected chi connectivity index (χ4v) is 9.92. The van der Waals surface area contributed by atoms with Crippen LogP contribution in [0.2, 0.25) is 0 Å². The zero-order chi connectivity index (χ0) is 21.7. The number of hydrogen-bond acceptors (Lipinski definition) is 0. The Balaban J connectivity index is 0.000000858. The van der Waals surface area contributed by atoms with E-state index in [0.717, 1.165) is 0 Å². The van der Waals surface area contributed by atoms with Crippen LogP contribution in [0.1, 0.15) is 0 Å². The van der Waals surface area contributed by atoms with E-state index >= 15 is 0 Å². The molecule has 0 heterocycles. The van der Waals surface area contributed by atoms with Gasteiger partial charge in [-0.15, -0.1) is 0 Å². The standard InChI is InChI=1S/C26H24P2.2ClH.Co/c1-5-13-23(14-6-1)27(24-15-7-2-8-16-24)21-22-28(25-17-9-3-10-18-25)26-19-11-4-12-20-26;;;/h1-20H,21-22H2;2*1H;/q;;;+2. The van der Waals surface area contributed by atoms with Gasteiger partial charge in [-0.25, -0.2) is 0 Å². The quantitative estimate of drug-likeness (QED) is 0.254. The van der Waals surface area contributed by atoms with Crippen LogP contribution in [0.4, 0.5) is 0 Å². The van der Waals surface area contributed by atoms with Gasteiger partial charge in [0.15, 0.2) is 0 Å². The van der Waals surface area contributed by atoms with Gasteiger partial charge < -0.3 is 0 Å². The molecule has 4 aromatic carbocycles. The van der Waals surface area contributed by atoms with Crippen LogP contribution in [-0.2, 0) is 12.9 Å². The van der Waals surface area contributed by atoms with E-state index in [0.29, 0.717) is 12.9 Å². The Kier molecular flexibility index (Phi) is 11.1. The van der Waals surface area contributed by atoms with Crippen LogP contribution >= 0.6 is 36.1 Å². The molecule has 0 amide bonds. The second kappa shape index (κ2) is 14.1. The van der Waals surface area contributed by atoms with Crippen molar-refractivity contribution in [1.82, 2.24) is 0 Å². The first kappa shape index (κ1) is 24.5. The first-order chi connectivity index (χ1) is 15.3. The Labute approximate surface area is 203 Å². The summed E-state index contributed by atoms with van der Waals surface area (Å²) in [7, 11) is 7.90. The summed E-state index contributed by atoms with van der Waals surface area (Å²) < 4.78 is 0. The van der Waals surface area contributed by atoms with Gasteiger partial charge in [-0.3, -0.25) is 0 Å². The molecule has 0 bridgehead atoms. The third kappa shape index (κ3) is 7.72. The molecule has 5 heteroatoms. The molecule has 0 unspecified atom stereocenters. The summed E-state index contributed by atoms with van der Waals surface area (Å²) in [6.07, 6.45) is 2.52. The molecule has 0 N–H and O–H groups in total. The number of halogens is 2. The minimum absolute atomic E-state index is 0.382. The first-order valence-corrected chi connectivity index (χ1v) is 16.4. The Bertz CT molecular complexity index is 825. The largest absolute Gasteiger partial charge is 0.101 e. The molecule has 4 aromatic rings. The molecule has 0 aliphatic heterocycles. The van der Waals surface area contributed by atoms with Crippen LogP contribution in [0.25, 0.3) is 0 Å². The molecule has 0 fully saturated rings. The summed E-state index contributed by atoms with van der Waals surface area (Å²) in [5, 5.41) is 6.06. The van der Waals surface area contributed by atoms with Gasteiger partial charge in [0.1, 0.15) is 12.3 Å². The summed E-state index contributed by atoms with van der Waals surface area (Å²) in [6, 6.07) is 44.5. The van der Waals surface area contributed by atoms with Crippen molar-refractivity contribution < 1.29 is 12.9 Å². The van der Waals surface area contributed by atoms with E-state index in [1.165, 1.54) is 33.5 Å². The second-order valence-electron chi connectivity index (χ2n) is 6.97. The van der Waals surface area contributed by atoms with Crippen molar-refractivity contribution in [3.05, 3.63) is 121 Å². The Morgan fingerprint density at radius 2 is 0.613 bits per heavy atom. The van der Waals surface area contributed by atoms with Crippen LogP contribution in [0, 0.1) is 0 Å². The third-order valence-corrected chi connectivity index (χ3v) is 11.2. The third-order valence-electron chi connectivity index (χ3n) is 5.11. The van der Waals surface area contributed by atoms with E-state index < -0.39 is 15.8 Å². The van der Waals surface area contributed by atoms with Crippen LogP contribution in [0.5, 0.6) is 0 Å². The van der Waals surface area contributed by atoms with E-state index in [1.54, 1.807) is 0 Å². The van der Waals surface area contributed by atoms with Crippen LogP contribution in [-0.4, -0.2) is 12.3 Å². The van der Waals surface area contributed by atoms with Gasteiger partial charge in [-0.05, 0) is 48.5 Å². The van der Waals surface area contributed by atoms with Gasteiger partial charge in [-0.1, -0.05) is 72.8 Å². The number of rotatable bonds is 7. The maximum atomic E-state index is 4.73. The van der Waals surface area contributed by atoms with Gasteiger partial charge in [-0.2, -0.15) is 0 Å². The average Bonchev–Trinajstić information content (AvgIpc) is 2.85. The second-order valence-corrected chi connectivity index (χ2v) is 13.9. The smallest absolute Gasteiger partial charge is 0.0620 e. The maximum absolute atomic E-state index is 4.73. The molecule has 0 saturated carbocycles. The van der Waals surface area contributed by atoms with Crippen molar-refractivity contribution in [3.8, 4) is 0 Å². The fraction of sp³-hybridized carbons (Fsp3) is 0.0769. The minimum atomic E-state index is -0.783. The Morgan fingerprint density at radius 3 is 0.806 bits per heavy atom. The van der Waals surface area contributed by atoms with Gasteiger partial charge in [0, 0.05) is 0 Å². The van der Waals surface area contributed by atoms with Crippen molar-refractivity contribution >= 4 is 57.4 Å². The molecular formula is C26H26Cl2CoP2+2. The van der Waals surface area contributed by atoms with Crippen molar-refractivity contribution in [2.24, 2.45) is 0 Å². The molecule has 0 atom stereocenters. The predicted octanol–water partition coefficient (Wildman–Crippen LogP) is 6.09. The number of benzene rings is 4. The van der Waals surface area contributed by atoms with Crippen LogP contribution in [0.3, 0.4) is 0 Å². The topological polar surface area (TPSA) is 0 Å². The zero-order valence-corrected chi connectivity index (χ0v) is 21.6. The fourth-order valence-electron chi connectivity index (χ4n) is 3.72. The summed E-state index contributed by atoms with van der Waals surface area (Å²) in [6.45, 7) is 0. The van der Waals surface area contributed by atoms with E-state index in [2.05, 4.69) is 121 Å². The monoisotopic (exact) mass is 529 g/mol. The molecule has 0 spiro atoms. The molecule has 0 radical (unpaired) electrons. The van der Waals surface area contributed by atoms with Gasteiger partial charge in [0.05, 0.1) is 37.1 Å². The van der Waals surface area contributed by atoms with Gasteiger partial charge >= 0.3 is 33.2 Å². The van der Waals surface area contributed by atoms with Crippen molar-refractivity contribution in [1.29, 1.82) is 0 Å². The summed E-state index contributed by atoms with van der Waals surface area (Å²) >= 11 is 0.382. The SMILES string of the molecule is [Cl][Co][Cl].c1ccc([PH+](CC[PH+](c2ccccc2)c2ccccc2)c2ccccc2)cc1. The summed E-state index contributed by atoms with van der Waals surface area (Å²) in [5.41, 5.74) is 0. The predicted molar refractivity (Wildman–Crippen MR) is 142 cm³/mol. The van der Waals surface area contributed by atoms with E-state index in [-0.39, 0.29) is 0 Å². The molecule has 0 aliphatic rings. The van der Waals surface area contributed by atoms with Crippen molar-refractivity contribution in [3.63, 3.8) is 0 Å². The summed E-state index contributed by atoms with van der Waals surface area (Å²) in [5.74, 6) is 0. The van der Waals surface area contributed by atoms with E-state index in [4.69, 9.17) is 20.3 Å². The molecule has 4 rings (SSSR count). The van der Waals surface area contributed by atoms with Crippen LogP contribution in [0.15, 0.2) is 121 Å². The summed E-state index contributed by atoms with van der Waals surface area (Å²) in [4.78, 5) is 0. The van der Waals surface area contributed by atoms with Crippen LogP contribution < -0.4 is 21.2 Å². The molecule has 0 nitrogen and oxygen atoms in total. The van der Waals surface area contributed by atoms with E-state index in [1.807, 2.05) is 0 Å². The van der Waals surface area contributed by atoms with Gasteiger partial charge in [0.2, 0.25) is 0 Å². The molecule has 0 aliphatic carbocycles. The minimum Gasteiger partial charge on any atom is -0.0620 e. The van der Waals surface area contributed by atoms with E-state index in [9.17, 15) is 0 Å². The van der Waals surface area contributed by atoms with Gasteiger partial charge in [0.25, 0.3) is 0 Å². The first-order valence-electron chi connectivity index (χ1n) is 10.1. The molecule has 0 aromatic heterocycles.